The van der Waals surface area contributed by atoms with Crippen molar-refractivity contribution in [3.05, 3.63) is 29.3 Å². The van der Waals surface area contributed by atoms with Gasteiger partial charge < -0.3 is 16.0 Å². The molecule has 0 aliphatic heterocycles. The zero-order chi connectivity index (χ0) is 15.4. The lowest BCUT2D eigenvalue weighted by Gasteiger charge is -2.19. The van der Waals surface area contributed by atoms with Gasteiger partial charge in [0, 0.05) is 18.8 Å². The summed E-state index contributed by atoms with van der Waals surface area (Å²) in [6.07, 6.45) is 0. The van der Waals surface area contributed by atoms with E-state index < -0.39 is 0 Å². The van der Waals surface area contributed by atoms with Crippen LogP contribution >= 0.6 is 0 Å². The third kappa shape index (κ3) is 3.39. The van der Waals surface area contributed by atoms with E-state index in [1.807, 2.05) is 17.0 Å². The molecule has 0 unspecified atom stereocenters. The highest BCUT2D eigenvalue weighted by Crippen LogP contribution is 2.22. The Balaban J connectivity index is 2.34. The lowest BCUT2D eigenvalue weighted by molar-refractivity contribution is 0.816. The van der Waals surface area contributed by atoms with Crippen LogP contribution in [0.2, 0.25) is 0 Å². The van der Waals surface area contributed by atoms with Crippen molar-refractivity contribution in [3.63, 3.8) is 0 Å². The number of hydrogen-bond donors (Lipinski definition) is 2. The van der Waals surface area contributed by atoms with Gasteiger partial charge in [-0.1, -0.05) is 12.1 Å². The first-order valence-electron chi connectivity index (χ1n) is 7.14. The number of nitrogens with two attached hydrogens (primary N) is 1. The highest BCUT2D eigenvalue weighted by molar-refractivity contribution is 5.61. The Morgan fingerprint density at radius 3 is 2.48 bits per heavy atom. The van der Waals surface area contributed by atoms with Crippen molar-refractivity contribution >= 4 is 23.5 Å². The Morgan fingerprint density at radius 1 is 1.10 bits per heavy atom. The summed E-state index contributed by atoms with van der Waals surface area (Å²) in [5.41, 5.74) is 9.16. The van der Waals surface area contributed by atoms with Crippen LogP contribution in [-0.2, 0) is 0 Å². The Morgan fingerprint density at radius 2 is 1.81 bits per heavy atom. The van der Waals surface area contributed by atoms with Gasteiger partial charge in [-0.25, -0.2) is 0 Å². The molecule has 0 saturated heterocycles. The molecule has 0 fully saturated rings. The first kappa shape index (κ1) is 15.0. The zero-order valence-electron chi connectivity index (χ0n) is 13.0. The van der Waals surface area contributed by atoms with Crippen LogP contribution in [0, 0.1) is 13.8 Å². The van der Waals surface area contributed by atoms with Crippen LogP contribution in [0.5, 0.6) is 0 Å². The van der Waals surface area contributed by atoms with E-state index in [2.05, 4.69) is 54.0 Å². The molecule has 6 heteroatoms. The number of aromatic nitrogens is 3. The molecule has 21 heavy (non-hydrogen) atoms. The number of aryl methyl sites for hydroxylation is 1. The number of rotatable bonds is 5. The van der Waals surface area contributed by atoms with E-state index >= 15 is 0 Å². The Bertz CT molecular complexity index is 622. The molecule has 0 spiro atoms. The molecule has 1 aromatic carbocycles. The summed E-state index contributed by atoms with van der Waals surface area (Å²) in [5, 5.41) is 3.23. The molecule has 0 aliphatic rings. The van der Waals surface area contributed by atoms with Crippen LogP contribution in [0.4, 0.5) is 23.5 Å². The summed E-state index contributed by atoms with van der Waals surface area (Å²) in [6.45, 7) is 9.89. The summed E-state index contributed by atoms with van der Waals surface area (Å²) in [4.78, 5) is 14.9. The fourth-order valence-electron chi connectivity index (χ4n) is 2.09. The van der Waals surface area contributed by atoms with Crippen molar-refractivity contribution in [3.8, 4) is 0 Å². The Hall–Kier alpha value is -2.37. The molecule has 1 heterocycles. The van der Waals surface area contributed by atoms with Gasteiger partial charge in [0.25, 0.3) is 0 Å². The smallest absolute Gasteiger partial charge is 0.233 e. The summed E-state index contributed by atoms with van der Waals surface area (Å²) < 4.78 is 0. The van der Waals surface area contributed by atoms with E-state index in [1.165, 1.54) is 11.1 Å². The highest BCUT2D eigenvalue weighted by atomic mass is 15.3. The van der Waals surface area contributed by atoms with Gasteiger partial charge in [0.1, 0.15) is 0 Å². The number of hydrogen-bond acceptors (Lipinski definition) is 6. The molecule has 0 aliphatic carbocycles. The van der Waals surface area contributed by atoms with Crippen LogP contribution in [0.3, 0.4) is 0 Å². The van der Waals surface area contributed by atoms with Gasteiger partial charge in [-0.2, -0.15) is 15.0 Å². The van der Waals surface area contributed by atoms with Crippen molar-refractivity contribution in [2.75, 3.05) is 29.0 Å². The second kappa shape index (κ2) is 6.39. The van der Waals surface area contributed by atoms with Gasteiger partial charge in [-0.3, -0.25) is 0 Å². The Labute approximate surface area is 125 Å². The van der Waals surface area contributed by atoms with Gasteiger partial charge in [-0.05, 0) is 44.9 Å². The minimum absolute atomic E-state index is 0.222. The van der Waals surface area contributed by atoms with Crippen LogP contribution < -0.4 is 16.0 Å². The van der Waals surface area contributed by atoms with E-state index in [0.717, 1.165) is 18.8 Å². The highest BCUT2D eigenvalue weighted by Gasteiger charge is 2.10. The van der Waals surface area contributed by atoms with Gasteiger partial charge in [0.2, 0.25) is 17.8 Å². The largest absolute Gasteiger partial charge is 0.368 e. The maximum absolute atomic E-state index is 5.80. The minimum atomic E-state index is 0.222. The fraction of sp³-hybridized carbons (Fsp3) is 0.400. The van der Waals surface area contributed by atoms with E-state index in [1.54, 1.807) is 0 Å². The predicted octanol–water partition coefficient (Wildman–Crippen LogP) is 2.66. The fourth-order valence-corrected chi connectivity index (χ4v) is 2.09. The summed E-state index contributed by atoms with van der Waals surface area (Å²) in [6, 6.07) is 6.07. The van der Waals surface area contributed by atoms with Gasteiger partial charge in [0.05, 0.1) is 0 Å². The predicted molar refractivity (Wildman–Crippen MR) is 87.0 cm³/mol. The number of nitrogen functional groups attached to an aromatic ring is 1. The van der Waals surface area contributed by atoms with Gasteiger partial charge in [0.15, 0.2) is 0 Å². The Kier molecular flexibility index (Phi) is 4.57. The summed E-state index contributed by atoms with van der Waals surface area (Å²) in [5.74, 6) is 1.29. The number of benzene rings is 1. The molecule has 0 amide bonds. The van der Waals surface area contributed by atoms with Crippen molar-refractivity contribution in [1.29, 1.82) is 0 Å². The zero-order valence-corrected chi connectivity index (χ0v) is 13.0. The molecule has 0 atom stereocenters. The average molecular weight is 286 g/mol. The number of nitrogens with zero attached hydrogens (tertiary/aromatic N) is 4. The topological polar surface area (TPSA) is 80.0 Å². The van der Waals surface area contributed by atoms with Crippen LogP contribution in [0.15, 0.2) is 18.2 Å². The maximum atomic E-state index is 5.80. The molecule has 112 valence electrons. The third-order valence-corrected chi connectivity index (χ3v) is 3.54. The maximum Gasteiger partial charge on any atom is 0.233 e. The standard InChI is InChI=1S/C15H22N6/c1-5-21(6-2)15-19-13(16)18-14(20-15)17-12-9-7-8-10(3)11(12)4/h7-9H,5-6H2,1-4H3,(H3,16,17,18,19,20). The molecular weight excluding hydrogens is 264 g/mol. The lowest BCUT2D eigenvalue weighted by Crippen LogP contribution is -2.25. The molecule has 0 bridgehead atoms. The quantitative estimate of drug-likeness (QED) is 0.879. The molecular formula is C15H22N6. The average Bonchev–Trinajstić information content (AvgIpc) is 2.45. The number of anilines is 4. The molecule has 3 N–H and O–H groups in total. The SMILES string of the molecule is CCN(CC)c1nc(N)nc(Nc2cccc(C)c2C)n1. The third-order valence-electron chi connectivity index (χ3n) is 3.54. The first-order valence-corrected chi connectivity index (χ1v) is 7.14. The molecule has 0 saturated carbocycles. The monoisotopic (exact) mass is 286 g/mol. The first-order chi connectivity index (χ1) is 10.0. The second-order valence-corrected chi connectivity index (χ2v) is 4.86. The molecule has 0 radical (unpaired) electrons. The molecule has 2 aromatic rings. The lowest BCUT2D eigenvalue weighted by atomic mass is 10.1. The number of nitrogens with one attached hydrogen (secondary N) is 1. The van der Waals surface area contributed by atoms with Crippen LogP contribution in [-0.4, -0.2) is 28.0 Å². The molecule has 2 rings (SSSR count). The van der Waals surface area contributed by atoms with Crippen LogP contribution in [0.25, 0.3) is 0 Å². The van der Waals surface area contributed by atoms with Crippen molar-refractivity contribution in [2.24, 2.45) is 0 Å². The minimum Gasteiger partial charge on any atom is -0.368 e. The van der Waals surface area contributed by atoms with Gasteiger partial charge >= 0.3 is 0 Å². The van der Waals surface area contributed by atoms with Crippen molar-refractivity contribution in [2.45, 2.75) is 27.7 Å². The summed E-state index contributed by atoms with van der Waals surface area (Å²) in [7, 11) is 0. The van der Waals surface area contributed by atoms with E-state index in [9.17, 15) is 0 Å². The van der Waals surface area contributed by atoms with Crippen molar-refractivity contribution < 1.29 is 0 Å². The molecule has 1 aromatic heterocycles. The normalized spacial score (nSPS) is 10.5. The van der Waals surface area contributed by atoms with E-state index in [-0.39, 0.29) is 5.95 Å². The van der Waals surface area contributed by atoms with E-state index in [0.29, 0.717) is 11.9 Å². The second-order valence-electron chi connectivity index (χ2n) is 4.86. The van der Waals surface area contributed by atoms with E-state index in [4.69, 9.17) is 5.73 Å². The van der Waals surface area contributed by atoms with Crippen molar-refractivity contribution in [1.82, 2.24) is 15.0 Å². The van der Waals surface area contributed by atoms with Crippen LogP contribution in [0.1, 0.15) is 25.0 Å². The van der Waals surface area contributed by atoms with Gasteiger partial charge in [-0.15, -0.1) is 0 Å². The summed E-state index contributed by atoms with van der Waals surface area (Å²) >= 11 is 0. The molecule has 6 nitrogen and oxygen atoms in total.